The van der Waals surface area contributed by atoms with Gasteiger partial charge in [0.05, 0.1) is 6.04 Å². The van der Waals surface area contributed by atoms with Gasteiger partial charge in [-0.3, -0.25) is 0 Å². The number of hydrogen-bond donors (Lipinski definition) is 1. The predicted octanol–water partition coefficient (Wildman–Crippen LogP) is 2.95. The van der Waals surface area contributed by atoms with E-state index in [1.54, 1.807) is 0 Å². The lowest BCUT2D eigenvalue weighted by molar-refractivity contribution is 0.171. The van der Waals surface area contributed by atoms with Crippen molar-refractivity contribution in [2.45, 2.75) is 18.6 Å². The van der Waals surface area contributed by atoms with Crippen LogP contribution >= 0.6 is 0 Å². The third kappa shape index (κ3) is 2.00. The molecule has 0 radical (unpaired) electrons. The lowest BCUT2D eigenvalue weighted by Gasteiger charge is -2.21. The van der Waals surface area contributed by atoms with E-state index in [0.717, 1.165) is 12.2 Å². The van der Waals surface area contributed by atoms with Gasteiger partial charge in [-0.25, -0.2) is 0 Å². The molecule has 2 nitrogen and oxygen atoms in total. The summed E-state index contributed by atoms with van der Waals surface area (Å²) in [6, 6.07) is 18.9. The Kier molecular flexibility index (Phi) is 3.03. The maximum Gasteiger partial charge on any atom is 0.122 e. The molecule has 2 heteroatoms. The molecule has 0 fully saturated rings. The molecule has 2 aromatic carbocycles. The molecule has 0 amide bonds. The zero-order valence-corrected chi connectivity index (χ0v) is 10.5. The Morgan fingerprint density at radius 3 is 2.50 bits per heavy atom. The second kappa shape index (κ2) is 4.83. The third-order valence-electron chi connectivity index (χ3n) is 3.52. The summed E-state index contributed by atoms with van der Waals surface area (Å²) in [5.41, 5.74) is 2.75. The maximum atomic E-state index is 6.10. The van der Waals surface area contributed by atoms with Crippen LogP contribution in [0.3, 0.4) is 0 Å². The Balaban J connectivity index is 1.83. The molecule has 2 atom stereocenters. The van der Waals surface area contributed by atoms with E-state index < -0.39 is 0 Å². The lowest BCUT2D eigenvalue weighted by Crippen LogP contribution is -2.30. The third-order valence-corrected chi connectivity index (χ3v) is 3.52. The van der Waals surface area contributed by atoms with Gasteiger partial charge in [-0.05, 0) is 30.3 Å². The minimum absolute atomic E-state index is 0.176. The van der Waals surface area contributed by atoms with Gasteiger partial charge < -0.3 is 10.1 Å². The Morgan fingerprint density at radius 1 is 1.00 bits per heavy atom. The van der Waals surface area contributed by atoms with Crippen LogP contribution in [0.4, 0.5) is 0 Å². The lowest BCUT2D eigenvalue weighted by atomic mass is 10.1. The standard InChI is InChI=1S/C16H17NO/c1-17-16-14-10-6-5-7-12(14)11-15(16)18-13-8-3-2-4-9-13/h2-10,15-17H,11H2,1H3. The first-order valence-corrected chi connectivity index (χ1v) is 6.35. The van der Waals surface area contributed by atoms with Crippen LogP contribution in [-0.4, -0.2) is 13.2 Å². The van der Waals surface area contributed by atoms with E-state index in [-0.39, 0.29) is 12.1 Å². The van der Waals surface area contributed by atoms with Gasteiger partial charge in [0.25, 0.3) is 0 Å². The number of nitrogens with one attached hydrogen (secondary N) is 1. The van der Waals surface area contributed by atoms with E-state index in [1.807, 2.05) is 37.4 Å². The summed E-state index contributed by atoms with van der Waals surface area (Å²) in [5.74, 6) is 0.940. The number of para-hydroxylation sites is 1. The molecule has 1 aliphatic rings. The quantitative estimate of drug-likeness (QED) is 0.889. The van der Waals surface area contributed by atoms with Crippen molar-refractivity contribution in [1.29, 1.82) is 0 Å². The maximum absolute atomic E-state index is 6.10. The molecule has 0 aliphatic heterocycles. The van der Waals surface area contributed by atoms with Crippen LogP contribution in [0.1, 0.15) is 17.2 Å². The zero-order valence-electron chi connectivity index (χ0n) is 10.5. The molecule has 0 spiro atoms. The van der Waals surface area contributed by atoms with Crippen molar-refractivity contribution in [1.82, 2.24) is 5.32 Å². The SMILES string of the molecule is CNC1c2ccccc2CC1Oc1ccccc1. The van der Waals surface area contributed by atoms with Crippen LogP contribution in [-0.2, 0) is 6.42 Å². The van der Waals surface area contributed by atoms with Crippen LogP contribution < -0.4 is 10.1 Å². The summed E-state index contributed by atoms with van der Waals surface area (Å²) >= 11 is 0. The molecule has 0 saturated heterocycles. The van der Waals surface area contributed by atoms with Gasteiger partial charge >= 0.3 is 0 Å². The Labute approximate surface area is 108 Å². The summed E-state index contributed by atoms with van der Waals surface area (Å²) in [6.45, 7) is 0. The van der Waals surface area contributed by atoms with E-state index in [0.29, 0.717) is 0 Å². The molecule has 2 unspecified atom stereocenters. The first kappa shape index (κ1) is 11.3. The van der Waals surface area contributed by atoms with Crippen LogP contribution in [0, 0.1) is 0 Å². The van der Waals surface area contributed by atoms with Gasteiger partial charge in [-0.15, -0.1) is 0 Å². The molecule has 3 rings (SSSR count). The molecule has 0 saturated carbocycles. The average Bonchev–Trinajstić information content (AvgIpc) is 2.77. The second-order valence-corrected chi connectivity index (χ2v) is 4.64. The van der Waals surface area contributed by atoms with Crippen LogP contribution in [0.25, 0.3) is 0 Å². The van der Waals surface area contributed by atoms with E-state index >= 15 is 0 Å². The van der Waals surface area contributed by atoms with Gasteiger partial charge in [0.1, 0.15) is 11.9 Å². The number of hydrogen-bond acceptors (Lipinski definition) is 2. The topological polar surface area (TPSA) is 21.3 Å². The highest BCUT2D eigenvalue weighted by molar-refractivity contribution is 5.37. The molecular weight excluding hydrogens is 222 g/mol. The number of rotatable bonds is 3. The molecule has 1 aliphatic carbocycles. The molecule has 0 aromatic heterocycles. The molecule has 0 bridgehead atoms. The van der Waals surface area contributed by atoms with Gasteiger partial charge in [0.2, 0.25) is 0 Å². The van der Waals surface area contributed by atoms with Gasteiger partial charge in [0, 0.05) is 6.42 Å². The Hall–Kier alpha value is -1.80. The van der Waals surface area contributed by atoms with Crippen LogP contribution in [0.5, 0.6) is 5.75 Å². The first-order chi connectivity index (χ1) is 8.88. The van der Waals surface area contributed by atoms with Crippen LogP contribution in [0.15, 0.2) is 54.6 Å². The Morgan fingerprint density at radius 2 is 1.72 bits per heavy atom. The number of likely N-dealkylation sites (N-methyl/N-ethyl adjacent to an activating group) is 1. The van der Waals surface area contributed by atoms with Gasteiger partial charge in [0.15, 0.2) is 0 Å². The Bertz CT molecular complexity index is 524. The monoisotopic (exact) mass is 239 g/mol. The van der Waals surface area contributed by atoms with Crippen molar-refractivity contribution in [2.24, 2.45) is 0 Å². The smallest absolute Gasteiger partial charge is 0.122 e. The summed E-state index contributed by atoms with van der Waals surface area (Å²) in [7, 11) is 1.99. The van der Waals surface area contributed by atoms with Crippen LogP contribution in [0.2, 0.25) is 0 Å². The predicted molar refractivity (Wildman–Crippen MR) is 72.8 cm³/mol. The zero-order chi connectivity index (χ0) is 12.4. The molecule has 92 valence electrons. The molecular formula is C16H17NO. The molecule has 2 aromatic rings. The number of benzene rings is 2. The largest absolute Gasteiger partial charge is 0.488 e. The van der Waals surface area contributed by atoms with E-state index in [4.69, 9.17) is 4.74 Å². The highest BCUT2D eigenvalue weighted by Gasteiger charge is 2.32. The number of ether oxygens (including phenoxy) is 1. The molecule has 18 heavy (non-hydrogen) atoms. The summed E-state index contributed by atoms with van der Waals surface area (Å²) in [4.78, 5) is 0. The van der Waals surface area contributed by atoms with Crippen molar-refractivity contribution < 1.29 is 4.74 Å². The van der Waals surface area contributed by atoms with Crippen molar-refractivity contribution in [3.8, 4) is 5.75 Å². The highest BCUT2D eigenvalue weighted by atomic mass is 16.5. The van der Waals surface area contributed by atoms with Crippen molar-refractivity contribution in [3.63, 3.8) is 0 Å². The fourth-order valence-electron chi connectivity index (χ4n) is 2.68. The second-order valence-electron chi connectivity index (χ2n) is 4.64. The fraction of sp³-hybridized carbons (Fsp3) is 0.250. The fourth-order valence-corrected chi connectivity index (χ4v) is 2.68. The molecule has 1 N–H and O–H groups in total. The van der Waals surface area contributed by atoms with Crippen molar-refractivity contribution >= 4 is 0 Å². The van der Waals surface area contributed by atoms with Crippen molar-refractivity contribution in [2.75, 3.05) is 7.05 Å². The summed E-state index contributed by atoms with van der Waals surface area (Å²) < 4.78 is 6.10. The minimum atomic E-state index is 0.176. The summed E-state index contributed by atoms with van der Waals surface area (Å²) in [6.07, 6.45) is 1.14. The molecule has 0 heterocycles. The normalized spacial score (nSPS) is 21.6. The van der Waals surface area contributed by atoms with E-state index in [2.05, 4.69) is 29.6 Å². The van der Waals surface area contributed by atoms with E-state index in [1.165, 1.54) is 11.1 Å². The summed E-state index contributed by atoms with van der Waals surface area (Å²) in [5, 5.41) is 3.37. The first-order valence-electron chi connectivity index (χ1n) is 6.35. The number of fused-ring (bicyclic) bond motifs is 1. The van der Waals surface area contributed by atoms with Gasteiger partial charge in [-0.2, -0.15) is 0 Å². The van der Waals surface area contributed by atoms with Crippen molar-refractivity contribution in [3.05, 3.63) is 65.7 Å². The van der Waals surface area contributed by atoms with Gasteiger partial charge in [-0.1, -0.05) is 42.5 Å². The average molecular weight is 239 g/mol. The minimum Gasteiger partial charge on any atom is -0.488 e. The van der Waals surface area contributed by atoms with E-state index in [9.17, 15) is 0 Å². The highest BCUT2D eigenvalue weighted by Crippen LogP contribution is 2.33.